The van der Waals surface area contributed by atoms with Gasteiger partial charge in [-0.25, -0.2) is 8.78 Å². The lowest BCUT2D eigenvalue weighted by molar-refractivity contribution is -0.141. The summed E-state index contributed by atoms with van der Waals surface area (Å²) in [5, 5.41) is 7.45. The van der Waals surface area contributed by atoms with Gasteiger partial charge in [0.2, 0.25) is 0 Å². The van der Waals surface area contributed by atoms with Crippen molar-refractivity contribution >= 4 is 11.6 Å². The highest BCUT2D eigenvalue weighted by atomic mass is 19.4. The fraction of sp³-hybridized carbons (Fsp3) is 0.500. The van der Waals surface area contributed by atoms with Gasteiger partial charge in [0.1, 0.15) is 0 Å². The SMILES string of the molecule is O=C(C1=NNC2C=C1CNCC2)N1CCC(c2ccc(F)c(F)c2C(F)(F)F)CC1. The predicted molar refractivity (Wildman–Crippen MR) is 99.8 cm³/mol. The van der Waals surface area contributed by atoms with Gasteiger partial charge in [0, 0.05) is 19.6 Å². The van der Waals surface area contributed by atoms with Crippen LogP contribution in [0.15, 0.2) is 28.9 Å². The minimum atomic E-state index is -4.99. The largest absolute Gasteiger partial charge is 0.419 e. The Hall–Kier alpha value is -2.49. The lowest BCUT2D eigenvalue weighted by Crippen LogP contribution is -2.45. The molecule has 3 aliphatic heterocycles. The Bertz CT molecular complexity index is 903. The molecule has 162 valence electrons. The molecule has 1 amide bonds. The molecule has 1 atom stereocenters. The molecule has 1 saturated heterocycles. The summed E-state index contributed by atoms with van der Waals surface area (Å²) in [7, 11) is 0. The number of rotatable bonds is 2. The number of nitrogens with one attached hydrogen (secondary N) is 2. The minimum absolute atomic E-state index is 0.0754. The van der Waals surface area contributed by atoms with Crippen molar-refractivity contribution in [2.45, 2.75) is 37.4 Å². The fourth-order valence-corrected chi connectivity index (χ4v) is 4.27. The number of fused-ring (bicyclic) bond motifs is 1. The molecule has 0 saturated carbocycles. The van der Waals surface area contributed by atoms with Crippen molar-refractivity contribution in [3.63, 3.8) is 0 Å². The van der Waals surface area contributed by atoms with Crippen LogP contribution in [0.4, 0.5) is 22.0 Å². The maximum Gasteiger partial charge on any atom is 0.419 e. The number of carbonyl (C=O) groups is 1. The van der Waals surface area contributed by atoms with Crippen LogP contribution in [0.2, 0.25) is 0 Å². The molecular formula is C20H21F5N4O. The van der Waals surface area contributed by atoms with E-state index in [1.54, 1.807) is 4.90 Å². The van der Waals surface area contributed by atoms with E-state index < -0.39 is 29.3 Å². The Morgan fingerprint density at radius 1 is 1.13 bits per heavy atom. The molecule has 0 radical (unpaired) electrons. The molecule has 1 unspecified atom stereocenters. The van der Waals surface area contributed by atoms with Crippen LogP contribution >= 0.6 is 0 Å². The first kappa shape index (κ1) is 20.8. The van der Waals surface area contributed by atoms with Gasteiger partial charge in [0.15, 0.2) is 17.3 Å². The van der Waals surface area contributed by atoms with Crippen LogP contribution in [-0.4, -0.2) is 48.7 Å². The average Bonchev–Trinajstić information content (AvgIpc) is 2.90. The molecular weight excluding hydrogens is 407 g/mol. The maximum absolute atomic E-state index is 13.9. The van der Waals surface area contributed by atoms with E-state index in [-0.39, 0.29) is 43.4 Å². The van der Waals surface area contributed by atoms with Gasteiger partial charge >= 0.3 is 6.18 Å². The number of alkyl halides is 3. The van der Waals surface area contributed by atoms with E-state index in [2.05, 4.69) is 15.8 Å². The quantitative estimate of drug-likeness (QED) is 0.713. The summed E-state index contributed by atoms with van der Waals surface area (Å²) in [6, 6.07) is 1.80. The molecule has 1 aromatic rings. The Balaban J connectivity index is 1.48. The summed E-state index contributed by atoms with van der Waals surface area (Å²) in [4.78, 5) is 14.5. The van der Waals surface area contributed by atoms with Gasteiger partial charge in [-0.2, -0.15) is 18.3 Å². The van der Waals surface area contributed by atoms with Gasteiger partial charge in [0.25, 0.3) is 5.91 Å². The van der Waals surface area contributed by atoms with E-state index >= 15 is 0 Å². The molecule has 0 aromatic heterocycles. The van der Waals surface area contributed by atoms with Gasteiger partial charge in [-0.05, 0) is 48.9 Å². The number of hydrogen-bond acceptors (Lipinski definition) is 4. The van der Waals surface area contributed by atoms with Crippen molar-refractivity contribution < 1.29 is 26.7 Å². The van der Waals surface area contributed by atoms with Crippen LogP contribution in [0, 0.1) is 11.6 Å². The third-order valence-corrected chi connectivity index (χ3v) is 5.83. The topological polar surface area (TPSA) is 56.7 Å². The van der Waals surface area contributed by atoms with Crippen LogP contribution in [0.25, 0.3) is 0 Å². The van der Waals surface area contributed by atoms with Crippen molar-refractivity contribution in [3.8, 4) is 0 Å². The number of nitrogens with zero attached hydrogens (tertiary/aromatic N) is 2. The molecule has 0 aliphatic carbocycles. The van der Waals surface area contributed by atoms with Crippen molar-refractivity contribution in [3.05, 3.63) is 46.5 Å². The fourth-order valence-electron chi connectivity index (χ4n) is 4.27. The number of halogens is 5. The first-order chi connectivity index (χ1) is 14.3. The Kier molecular flexibility index (Phi) is 5.52. The molecule has 10 heteroatoms. The Labute approximate surface area is 170 Å². The maximum atomic E-state index is 13.9. The molecule has 2 N–H and O–H groups in total. The molecule has 1 aromatic carbocycles. The summed E-state index contributed by atoms with van der Waals surface area (Å²) in [6.07, 6.45) is -1.72. The standard InChI is InChI=1S/C20H21F5N4O/c21-15-2-1-14(16(17(15)22)20(23,24)25)11-4-7-29(8-5-11)19(30)18-12-9-13(27-28-18)3-6-26-10-12/h1-2,9,11,13,26-27H,3-8,10H2. The molecule has 1 fully saturated rings. The summed E-state index contributed by atoms with van der Waals surface area (Å²) in [5.74, 6) is -4.29. The molecule has 3 heterocycles. The highest BCUT2D eigenvalue weighted by Gasteiger charge is 2.41. The average molecular weight is 428 g/mol. The number of benzene rings is 1. The lowest BCUT2D eigenvalue weighted by atomic mass is 9.85. The third kappa shape index (κ3) is 3.92. The minimum Gasteiger partial charge on any atom is -0.337 e. The third-order valence-electron chi connectivity index (χ3n) is 5.83. The number of piperidine rings is 1. The second-order valence-corrected chi connectivity index (χ2v) is 7.74. The Morgan fingerprint density at radius 3 is 2.57 bits per heavy atom. The van der Waals surface area contributed by atoms with Crippen LogP contribution in [0.1, 0.15) is 36.3 Å². The predicted octanol–water partition coefficient (Wildman–Crippen LogP) is 2.94. The van der Waals surface area contributed by atoms with E-state index in [4.69, 9.17) is 0 Å². The van der Waals surface area contributed by atoms with E-state index in [0.29, 0.717) is 12.3 Å². The lowest BCUT2D eigenvalue weighted by Gasteiger charge is -2.34. The van der Waals surface area contributed by atoms with Gasteiger partial charge in [-0.3, -0.25) is 4.79 Å². The van der Waals surface area contributed by atoms with Gasteiger partial charge in [-0.1, -0.05) is 12.1 Å². The van der Waals surface area contributed by atoms with Gasteiger partial charge < -0.3 is 15.6 Å². The first-order valence-electron chi connectivity index (χ1n) is 9.85. The van der Waals surface area contributed by atoms with Gasteiger partial charge in [-0.15, -0.1) is 0 Å². The van der Waals surface area contributed by atoms with Crippen molar-refractivity contribution in [2.24, 2.45) is 5.10 Å². The summed E-state index contributed by atoms with van der Waals surface area (Å²) < 4.78 is 67.3. The molecule has 4 rings (SSSR count). The van der Waals surface area contributed by atoms with Crippen molar-refractivity contribution in [1.29, 1.82) is 0 Å². The number of carbonyl (C=O) groups excluding carboxylic acids is 1. The normalized spacial score (nSPS) is 22.7. The monoisotopic (exact) mass is 428 g/mol. The number of amides is 1. The zero-order valence-corrected chi connectivity index (χ0v) is 16.0. The second-order valence-electron chi connectivity index (χ2n) is 7.74. The smallest absolute Gasteiger partial charge is 0.337 e. The van der Waals surface area contributed by atoms with Crippen LogP contribution in [-0.2, 0) is 11.0 Å². The van der Waals surface area contributed by atoms with E-state index in [0.717, 1.165) is 30.7 Å². The highest BCUT2D eigenvalue weighted by molar-refractivity contribution is 6.45. The number of hydrogen-bond donors (Lipinski definition) is 2. The first-order valence-corrected chi connectivity index (χ1v) is 9.85. The zero-order valence-electron chi connectivity index (χ0n) is 16.0. The second kappa shape index (κ2) is 7.98. The summed E-state index contributed by atoms with van der Waals surface area (Å²) >= 11 is 0. The summed E-state index contributed by atoms with van der Waals surface area (Å²) in [5.41, 5.74) is 2.26. The molecule has 2 bridgehead atoms. The van der Waals surface area contributed by atoms with E-state index in [9.17, 15) is 26.7 Å². The van der Waals surface area contributed by atoms with Crippen LogP contribution in [0.3, 0.4) is 0 Å². The molecule has 30 heavy (non-hydrogen) atoms. The van der Waals surface area contributed by atoms with Crippen molar-refractivity contribution in [2.75, 3.05) is 26.2 Å². The van der Waals surface area contributed by atoms with Crippen molar-refractivity contribution in [1.82, 2.24) is 15.6 Å². The molecule has 5 nitrogen and oxygen atoms in total. The van der Waals surface area contributed by atoms with E-state index in [1.807, 2.05) is 6.08 Å². The van der Waals surface area contributed by atoms with Crippen LogP contribution in [0.5, 0.6) is 0 Å². The number of likely N-dealkylation sites (tertiary alicyclic amines) is 1. The summed E-state index contributed by atoms with van der Waals surface area (Å²) in [6.45, 7) is 1.75. The van der Waals surface area contributed by atoms with Crippen LogP contribution < -0.4 is 10.7 Å². The zero-order chi connectivity index (χ0) is 21.5. The van der Waals surface area contributed by atoms with Gasteiger partial charge in [0.05, 0.1) is 11.6 Å². The molecule has 3 aliphatic rings. The van der Waals surface area contributed by atoms with E-state index in [1.165, 1.54) is 0 Å². The number of hydrazone groups is 1. The Morgan fingerprint density at radius 2 is 1.87 bits per heavy atom. The molecule has 0 spiro atoms. The highest BCUT2D eigenvalue weighted by Crippen LogP contribution is 2.41.